The molecule has 1 amide bonds. The number of halogens is 2. The average molecular weight is 314 g/mol. The van der Waals surface area contributed by atoms with Crippen molar-refractivity contribution in [3.8, 4) is 0 Å². The smallest absolute Gasteiger partial charge is 0.220 e. The number of nitrogens with one attached hydrogen (secondary N) is 1. The molecule has 0 atom stereocenters. The minimum Gasteiger partial charge on any atom is -0.355 e. The molecule has 0 saturated carbocycles. The van der Waals surface area contributed by atoms with E-state index in [4.69, 9.17) is 5.73 Å². The fourth-order valence-electron chi connectivity index (χ4n) is 1.02. The normalized spacial score (nSPS) is 9.47. The second-order valence-corrected chi connectivity index (χ2v) is 4.78. The van der Waals surface area contributed by atoms with Crippen LogP contribution in [0.15, 0.2) is 15.9 Å². The Hall–Kier alpha value is -0.100. The van der Waals surface area contributed by atoms with Crippen molar-refractivity contribution < 1.29 is 4.79 Å². The molecule has 1 aromatic rings. The highest BCUT2D eigenvalue weighted by Gasteiger charge is 2.02. The fourth-order valence-corrected chi connectivity index (χ4v) is 2.48. The van der Waals surface area contributed by atoms with Crippen molar-refractivity contribution in [2.75, 3.05) is 13.1 Å². The lowest BCUT2D eigenvalue weighted by atomic mass is 10.2. The molecule has 86 valence electrons. The summed E-state index contributed by atoms with van der Waals surface area (Å²) in [6.45, 7) is 1.06. The molecule has 3 N–H and O–H groups in total. The second-order valence-electron chi connectivity index (χ2n) is 2.87. The van der Waals surface area contributed by atoms with Gasteiger partial charge in [0.1, 0.15) is 0 Å². The van der Waals surface area contributed by atoms with E-state index in [2.05, 4.69) is 21.2 Å². The van der Waals surface area contributed by atoms with Crippen molar-refractivity contribution in [1.29, 1.82) is 0 Å². The first-order valence-corrected chi connectivity index (χ1v) is 6.09. The maximum absolute atomic E-state index is 11.2. The van der Waals surface area contributed by atoms with E-state index in [1.54, 1.807) is 11.3 Å². The molecule has 0 aliphatic carbocycles. The Morgan fingerprint density at radius 1 is 1.60 bits per heavy atom. The van der Waals surface area contributed by atoms with Crippen molar-refractivity contribution in [3.05, 3.63) is 20.8 Å². The Bertz CT molecular complexity index is 306. The summed E-state index contributed by atoms with van der Waals surface area (Å²) in [7, 11) is 0. The summed E-state index contributed by atoms with van der Waals surface area (Å²) in [6, 6.07) is 2.04. The number of rotatable bonds is 5. The van der Waals surface area contributed by atoms with Gasteiger partial charge in [0.05, 0.1) is 0 Å². The first kappa shape index (κ1) is 14.9. The van der Waals surface area contributed by atoms with Gasteiger partial charge in [-0.15, -0.1) is 23.7 Å². The fraction of sp³-hybridized carbons (Fsp3) is 0.444. The molecule has 0 radical (unpaired) electrons. The van der Waals surface area contributed by atoms with Crippen LogP contribution in [0.5, 0.6) is 0 Å². The van der Waals surface area contributed by atoms with Gasteiger partial charge in [-0.1, -0.05) is 0 Å². The van der Waals surface area contributed by atoms with Gasteiger partial charge in [-0.3, -0.25) is 4.79 Å². The van der Waals surface area contributed by atoms with Crippen molar-refractivity contribution in [1.82, 2.24) is 5.32 Å². The number of amides is 1. The molecule has 0 unspecified atom stereocenters. The van der Waals surface area contributed by atoms with Crippen LogP contribution in [-0.4, -0.2) is 19.0 Å². The van der Waals surface area contributed by atoms with Crippen LogP contribution in [0.25, 0.3) is 0 Å². The molecule has 6 heteroatoms. The third kappa shape index (κ3) is 6.14. The van der Waals surface area contributed by atoms with E-state index >= 15 is 0 Å². The lowest BCUT2D eigenvalue weighted by Gasteiger charge is -2.01. The van der Waals surface area contributed by atoms with Gasteiger partial charge in [0.2, 0.25) is 5.91 Å². The van der Waals surface area contributed by atoms with Gasteiger partial charge in [-0.25, -0.2) is 0 Å². The zero-order valence-corrected chi connectivity index (χ0v) is 11.4. The monoisotopic (exact) mass is 312 g/mol. The van der Waals surface area contributed by atoms with Gasteiger partial charge in [-0.05, 0) is 28.4 Å². The molecule has 0 aliphatic heterocycles. The maximum Gasteiger partial charge on any atom is 0.220 e. The van der Waals surface area contributed by atoms with E-state index in [0.717, 1.165) is 10.9 Å². The van der Waals surface area contributed by atoms with Crippen LogP contribution >= 0.6 is 39.7 Å². The molecule has 0 bridgehead atoms. The topological polar surface area (TPSA) is 55.1 Å². The summed E-state index contributed by atoms with van der Waals surface area (Å²) < 4.78 is 1.08. The van der Waals surface area contributed by atoms with E-state index < -0.39 is 0 Å². The van der Waals surface area contributed by atoms with Gasteiger partial charge in [0, 0.05) is 34.2 Å². The second kappa shape index (κ2) is 8.10. The molecule has 0 saturated heterocycles. The van der Waals surface area contributed by atoms with Crippen LogP contribution in [0.2, 0.25) is 0 Å². The zero-order chi connectivity index (χ0) is 10.4. The molecule has 15 heavy (non-hydrogen) atoms. The molecule has 1 aromatic heterocycles. The van der Waals surface area contributed by atoms with Gasteiger partial charge in [-0.2, -0.15) is 0 Å². The molecule has 0 aliphatic rings. The number of hydrogen-bond donors (Lipinski definition) is 2. The molecule has 0 fully saturated rings. The number of thiophene rings is 1. The molecular weight excluding hydrogens is 300 g/mol. The van der Waals surface area contributed by atoms with Gasteiger partial charge >= 0.3 is 0 Å². The molecule has 1 rings (SSSR count). The summed E-state index contributed by atoms with van der Waals surface area (Å²) in [5, 5.41) is 4.76. The minimum atomic E-state index is 0. The summed E-state index contributed by atoms with van der Waals surface area (Å²) in [4.78, 5) is 12.4. The predicted molar refractivity (Wildman–Crippen MR) is 69.7 cm³/mol. The van der Waals surface area contributed by atoms with Crippen molar-refractivity contribution in [2.24, 2.45) is 5.73 Å². The van der Waals surface area contributed by atoms with E-state index in [0.29, 0.717) is 19.5 Å². The average Bonchev–Trinajstić information content (AvgIpc) is 2.58. The Kier molecular flexibility index (Phi) is 8.04. The third-order valence-corrected chi connectivity index (χ3v) is 3.44. The number of carbonyl (C=O) groups excluding carboxylic acids is 1. The van der Waals surface area contributed by atoms with E-state index in [-0.39, 0.29) is 18.3 Å². The van der Waals surface area contributed by atoms with Crippen LogP contribution in [0.4, 0.5) is 0 Å². The van der Waals surface area contributed by atoms with Gasteiger partial charge < -0.3 is 11.1 Å². The molecule has 3 nitrogen and oxygen atoms in total. The predicted octanol–water partition coefficient (Wildman–Crippen LogP) is 1.94. The SMILES string of the molecule is Cl.NCCNC(=O)CCc1cc(Br)cs1. The van der Waals surface area contributed by atoms with E-state index in [1.807, 2.05) is 11.4 Å². The van der Waals surface area contributed by atoms with Crippen molar-refractivity contribution in [3.63, 3.8) is 0 Å². The highest BCUT2D eigenvalue weighted by atomic mass is 79.9. The van der Waals surface area contributed by atoms with E-state index in [9.17, 15) is 4.79 Å². The van der Waals surface area contributed by atoms with Gasteiger partial charge in [0.15, 0.2) is 0 Å². The Morgan fingerprint density at radius 2 is 2.33 bits per heavy atom. The lowest BCUT2D eigenvalue weighted by molar-refractivity contribution is -0.120. The Labute approximate surface area is 108 Å². The standard InChI is InChI=1S/C9H13BrN2OS.ClH/c10-7-5-8(14-6-7)1-2-9(13)12-4-3-11;/h5-6H,1-4,11H2,(H,12,13);1H. The lowest BCUT2D eigenvalue weighted by Crippen LogP contribution is -2.29. The zero-order valence-electron chi connectivity index (χ0n) is 8.16. The van der Waals surface area contributed by atoms with Gasteiger partial charge in [0.25, 0.3) is 0 Å². The first-order valence-electron chi connectivity index (χ1n) is 4.42. The summed E-state index contributed by atoms with van der Waals surface area (Å²) >= 11 is 5.04. The summed E-state index contributed by atoms with van der Waals surface area (Å²) in [5.74, 6) is 0.0694. The quantitative estimate of drug-likeness (QED) is 0.873. The minimum absolute atomic E-state index is 0. The van der Waals surface area contributed by atoms with Crippen LogP contribution in [-0.2, 0) is 11.2 Å². The first-order chi connectivity index (χ1) is 6.72. The Balaban J connectivity index is 0.00000196. The highest BCUT2D eigenvalue weighted by Crippen LogP contribution is 2.20. The number of hydrogen-bond acceptors (Lipinski definition) is 3. The van der Waals surface area contributed by atoms with Crippen LogP contribution in [0.3, 0.4) is 0 Å². The van der Waals surface area contributed by atoms with Crippen LogP contribution < -0.4 is 11.1 Å². The van der Waals surface area contributed by atoms with Crippen LogP contribution in [0, 0.1) is 0 Å². The molecule has 0 spiro atoms. The summed E-state index contributed by atoms with van der Waals surface area (Å²) in [6.07, 6.45) is 1.33. The molecule has 1 heterocycles. The van der Waals surface area contributed by atoms with Crippen molar-refractivity contribution in [2.45, 2.75) is 12.8 Å². The largest absolute Gasteiger partial charge is 0.355 e. The van der Waals surface area contributed by atoms with E-state index in [1.165, 1.54) is 4.88 Å². The summed E-state index contributed by atoms with van der Waals surface area (Å²) in [5.41, 5.74) is 5.27. The molecule has 0 aromatic carbocycles. The number of carbonyl (C=O) groups is 1. The number of aryl methyl sites for hydroxylation is 1. The highest BCUT2D eigenvalue weighted by molar-refractivity contribution is 9.10. The maximum atomic E-state index is 11.2. The Morgan fingerprint density at radius 3 is 2.87 bits per heavy atom. The molecular formula is C9H14BrClN2OS. The van der Waals surface area contributed by atoms with Crippen LogP contribution in [0.1, 0.15) is 11.3 Å². The number of nitrogens with two attached hydrogens (primary N) is 1. The third-order valence-electron chi connectivity index (χ3n) is 1.69. The van der Waals surface area contributed by atoms with Crippen molar-refractivity contribution >= 4 is 45.6 Å².